The first-order chi connectivity index (χ1) is 8.93. The molecule has 3 unspecified atom stereocenters. The van der Waals surface area contributed by atoms with E-state index in [0.717, 1.165) is 30.4 Å². The van der Waals surface area contributed by atoms with E-state index >= 15 is 0 Å². The number of hydrogen-bond acceptors (Lipinski definition) is 3. The fourth-order valence-corrected chi connectivity index (χ4v) is 2.37. The third-order valence-electron chi connectivity index (χ3n) is 3.68. The third kappa shape index (κ3) is 5.21. The van der Waals surface area contributed by atoms with E-state index in [4.69, 9.17) is 0 Å². The van der Waals surface area contributed by atoms with Crippen LogP contribution in [0.5, 0.6) is 5.75 Å². The molecule has 3 nitrogen and oxygen atoms in total. The van der Waals surface area contributed by atoms with E-state index < -0.39 is 0 Å². The highest BCUT2D eigenvalue weighted by atomic mass is 16.3. The van der Waals surface area contributed by atoms with E-state index in [0.29, 0.717) is 12.2 Å². The van der Waals surface area contributed by atoms with E-state index in [-0.39, 0.29) is 18.1 Å². The first-order valence-electron chi connectivity index (χ1n) is 7.08. The standard InChI is InChI=1S/C16H26O3/c1-4-15(18)14(7-5-12(3)17)10-13-6-8-16(19)11(2)9-13/h6,8-9,12,14-15,17-19H,4-5,7,10H2,1-3H3. The second-order valence-electron chi connectivity index (χ2n) is 5.49. The third-order valence-corrected chi connectivity index (χ3v) is 3.68. The van der Waals surface area contributed by atoms with Crippen molar-refractivity contribution in [3.05, 3.63) is 29.3 Å². The van der Waals surface area contributed by atoms with Gasteiger partial charge in [-0.15, -0.1) is 0 Å². The fourth-order valence-electron chi connectivity index (χ4n) is 2.37. The van der Waals surface area contributed by atoms with Gasteiger partial charge in [0.15, 0.2) is 0 Å². The number of aromatic hydroxyl groups is 1. The van der Waals surface area contributed by atoms with Gasteiger partial charge >= 0.3 is 0 Å². The first kappa shape index (κ1) is 16.0. The molecule has 0 saturated carbocycles. The van der Waals surface area contributed by atoms with Crippen LogP contribution in [0.4, 0.5) is 0 Å². The lowest BCUT2D eigenvalue weighted by Crippen LogP contribution is -2.23. The normalized spacial score (nSPS) is 16.1. The number of rotatable bonds is 7. The molecule has 0 amide bonds. The van der Waals surface area contributed by atoms with Gasteiger partial charge in [-0.1, -0.05) is 19.1 Å². The van der Waals surface area contributed by atoms with Crippen LogP contribution in [-0.2, 0) is 6.42 Å². The predicted molar refractivity (Wildman–Crippen MR) is 77.3 cm³/mol. The second kappa shape index (κ2) is 7.51. The minimum atomic E-state index is -0.340. The molecule has 1 aromatic carbocycles. The van der Waals surface area contributed by atoms with Gasteiger partial charge in [-0.05, 0) is 62.6 Å². The van der Waals surface area contributed by atoms with E-state index in [1.165, 1.54) is 0 Å². The van der Waals surface area contributed by atoms with Crippen molar-refractivity contribution in [2.45, 2.75) is 58.7 Å². The van der Waals surface area contributed by atoms with Crippen LogP contribution in [-0.4, -0.2) is 27.5 Å². The number of phenols is 1. The van der Waals surface area contributed by atoms with Gasteiger partial charge in [0.1, 0.15) is 5.75 Å². The van der Waals surface area contributed by atoms with Crippen LogP contribution in [0.1, 0.15) is 44.2 Å². The Morgan fingerprint density at radius 3 is 2.37 bits per heavy atom. The van der Waals surface area contributed by atoms with Crippen molar-refractivity contribution in [3.63, 3.8) is 0 Å². The highest BCUT2D eigenvalue weighted by Gasteiger charge is 2.19. The van der Waals surface area contributed by atoms with Crippen LogP contribution in [0, 0.1) is 12.8 Å². The smallest absolute Gasteiger partial charge is 0.118 e. The summed E-state index contributed by atoms with van der Waals surface area (Å²) in [6, 6.07) is 5.57. The van der Waals surface area contributed by atoms with Gasteiger partial charge in [-0.25, -0.2) is 0 Å². The Morgan fingerprint density at radius 1 is 1.16 bits per heavy atom. The molecule has 0 fully saturated rings. The molecular formula is C16H26O3. The largest absolute Gasteiger partial charge is 0.508 e. The minimum absolute atomic E-state index is 0.156. The molecule has 0 aliphatic carbocycles. The molecule has 1 rings (SSSR count). The van der Waals surface area contributed by atoms with Crippen molar-refractivity contribution in [1.82, 2.24) is 0 Å². The van der Waals surface area contributed by atoms with Crippen molar-refractivity contribution in [3.8, 4) is 5.75 Å². The zero-order valence-corrected chi connectivity index (χ0v) is 12.1. The van der Waals surface area contributed by atoms with Gasteiger partial charge < -0.3 is 15.3 Å². The number of phenolic OH excluding ortho intramolecular Hbond substituents is 1. The Morgan fingerprint density at radius 2 is 1.84 bits per heavy atom. The van der Waals surface area contributed by atoms with E-state index in [9.17, 15) is 15.3 Å². The summed E-state index contributed by atoms with van der Waals surface area (Å²) in [5.74, 6) is 0.462. The van der Waals surface area contributed by atoms with Gasteiger partial charge in [-0.3, -0.25) is 0 Å². The zero-order chi connectivity index (χ0) is 14.4. The summed E-state index contributed by atoms with van der Waals surface area (Å²) in [6.07, 6.45) is 2.36. The van der Waals surface area contributed by atoms with Gasteiger partial charge in [0.05, 0.1) is 12.2 Å². The molecule has 1 aromatic rings. The lowest BCUT2D eigenvalue weighted by Gasteiger charge is -2.23. The van der Waals surface area contributed by atoms with Crippen LogP contribution in [0.3, 0.4) is 0 Å². The maximum absolute atomic E-state index is 10.1. The SMILES string of the molecule is CCC(O)C(CCC(C)O)Cc1ccc(O)c(C)c1. The monoisotopic (exact) mass is 266 g/mol. The van der Waals surface area contributed by atoms with Gasteiger partial charge in [0.25, 0.3) is 0 Å². The van der Waals surface area contributed by atoms with Crippen molar-refractivity contribution in [1.29, 1.82) is 0 Å². The first-order valence-corrected chi connectivity index (χ1v) is 7.08. The van der Waals surface area contributed by atoms with Crippen LogP contribution in [0.2, 0.25) is 0 Å². The average molecular weight is 266 g/mol. The molecule has 3 atom stereocenters. The number of aryl methyl sites for hydroxylation is 1. The van der Waals surface area contributed by atoms with Gasteiger partial charge in [0.2, 0.25) is 0 Å². The van der Waals surface area contributed by atoms with Crippen LogP contribution >= 0.6 is 0 Å². The van der Waals surface area contributed by atoms with Crippen molar-refractivity contribution in [2.75, 3.05) is 0 Å². The maximum atomic E-state index is 10.1. The number of aliphatic hydroxyl groups excluding tert-OH is 2. The predicted octanol–water partition coefficient (Wildman–Crippen LogP) is 2.79. The van der Waals surface area contributed by atoms with Crippen molar-refractivity contribution >= 4 is 0 Å². The Labute approximate surface area is 115 Å². The summed E-state index contributed by atoms with van der Waals surface area (Å²) in [4.78, 5) is 0. The highest BCUT2D eigenvalue weighted by molar-refractivity contribution is 5.35. The van der Waals surface area contributed by atoms with Gasteiger partial charge in [-0.2, -0.15) is 0 Å². The summed E-state index contributed by atoms with van der Waals surface area (Å²) < 4.78 is 0. The molecule has 0 aliphatic rings. The average Bonchev–Trinajstić information content (AvgIpc) is 2.37. The van der Waals surface area contributed by atoms with E-state index in [1.54, 1.807) is 13.0 Å². The number of benzene rings is 1. The molecule has 19 heavy (non-hydrogen) atoms. The lowest BCUT2D eigenvalue weighted by molar-refractivity contribution is 0.0852. The topological polar surface area (TPSA) is 60.7 Å². The van der Waals surface area contributed by atoms with Gasteiger partial charge in [0, 0.05) is 0 Å². The summed E-state index contributed by atoms with van der Waals surface area (Å²) in [7, 11) is 0. The van der Waals surface area contributed by atoms with Crippen LogP contribution in [0.25, 0.3) is 0 Å². The molecule has 0 bridgehead atoms. The summed E-state index contributed by atoms with van der Waals surface area (Å²) >= 11 is 0. The lowest BCUT2D eigenvalue weighted by atomic mass is 9.87. The molecule has 0 spiro atoms. The molecule has 0 aliphatic heterocycles. The summed E-state index contributed by atoms with van der Waals surface area (Å²) in [6.45, 7) is 5.63. The summed E-state index contributed by atoms with van der Waals surface area (Å²) in [5.41, 5.74) is 1.98. The zero-order valence-electron chi connectivity index (χ0n) is 12.1. The molecule has 108 valence electrons. The van der Waals surface area contributed by atoms with Crippen LogP contribution in [0.15, 0.2) is 18.2 Å². The Bertz CT molecular complexity index is 388. The molecule has 0 heterocycles. The minimum Gasteiger partial charge on any atom is -0.508 e. The molecule has 3 N–H and O–H groups in total. The van der Waals surface area contributed by atoms with E-state index in [1.807, 2.05) is 26.0 Å². The molecular weight excluding hydrogens is 240 g/mol. The van der Waals surface area contributed by atoms with Crippen molar-refractivity contribution in [2.24, 2.45) is 5.92 Å². The Hall–Kier alpha value is -1.06. The maximum Gasteiger partial charge on any atom is 0.118 e. The number of aliphatic hydroxyl groups is 2. The van der Waals surface area contributed by atoms with E-state index in [2.05, 4.69) is 0 Å². The molecule has 0 radical (unpaired) electrons. The molecule has 3 heteroatoms. The van der Waals surface area contributed by atoms with Crippen molar-refractivity contribution < 1.29 is 15.3 Å². The second-order valence-corrected chi connectivity index (χ2v) is 5.49. The fraction of sp³-hybridized carbons (Fsp3) is 0.625. The Balaban J connectivity index is 2.72. The number of hydrogen-bond donors (Lipinski definition) is 3. The van der Waals surface area contributed by atoms with Crippen LogP contribution < -0.4 is 0 Å². The quantitative estimate of drug-likeness (QED) is 0.711. The molecule has 0 saturated heterocycles. The summed E-state index contributed by atoms with van der Waals surface area (Å²) in [5, 5.41) is 29.0. The molecule has 0 aromatic heterocycles. The Kier molecular flexibility index (Phi) is 6.32. The highest BCUT2D eigenvalue weighted by Crippen LogP contribution is 2.24.